The van der Waals surface area contributed by atoms with E-state index in [1.807, 2.05) is 25.1 Å². The molecule has 2 aromatic carbocycles. The van der Waals surface area contributed by atoms with Gasteiger partial charge in [0.25, 0.3) is 5.91 Å². The van der Waals surface area contributed by atoms with Crippen LogP contribution in [0.1, 0.15) is 42.1 Å². The van der Waals surface area contributed by atoms with Crippen molar-refractivity contribution in [2.45, 2.75) is 43.5 Å². The molecule has 8 heteroatoms. The lowest BCUT2D eigenvalue weighted by Gasteiger charge is -2.32. The number of methoxy groups -OCH3 is 2. The van der Waals surface area contributed by atoms with Crippen molar-refractivity contribution in [3.8, 4) is 11.5 Å². The second kappa shape index (κ2) is 10.4. The second-order valence-corrected chi connectivity index (χ2v) is 10.0. The van der Waals surface area contributed by atoms with Crippen LogP contribution >= 0.6 is 0 Å². The summed E-state index contributed by atoms with van der Waals surface area (Å²) in [4.78, 5) is 14.7. The summed E-state index contributed by atoms with van der Waals surface area (Å²) < 4.78 is 38.1. The number of sulfonamides is 1. The quantitative estimate of drug-likeness (QED) is 0.602. The molecule has 1 amide bonds. The predicted octanol–water partition coefficient (Wildman–Crippen LogP) is 3.58. The maximum Gasteiger partial charge on any atom is 0.253 e. The van der Waals surface area contributed by atoms with Crippen molar-refractivity contribution >= 4 is 15.9 Å². The molecule has 0 N–H and O–H groups in total. The summed E-state index contributed by atoms with van der Waals surface area (Å²) in [7, 11) is 1.37. The number of hydrogen-bond donors (Lipinski definition) is 0. The lowest BCUT2D eigenvalue weighted by Crippen LogP contribution is -2.41. The molecule has 7 nitrogen and oxygen atoms in total. The van der Waals surface area contributed by atoms with Crippen molar-refractivity contribution in [3.63, 3.8) is 0 Å². The number of nitrogens with zero attached hydrogens (tertiary/aromatic N) is 2. The van der Waals surface area contributed by atoms with Gasteiger partial charge in [-0.1, -0.05) is 12.5 Å². The molecule has 174 valence electrons. The van der Waals surface area contributed by atoms with Gasteiger partial charge in [-0.2, -0.15) is 4.31 Å². The molecular weight excluding hydrogens is 428 g/mol. The van der Waals surface area contributed by atoms with Gasteiger partial charge in [0.05, 0.1) is 19.1 Å². The minimum Gasteiger partial charge on any atom is -0.493 e. The van der Waals surface area contributed by atoms with Gasteiger partial charge in [0.1, 0.15) is 0 Å². The largest absolute Gasteiger partial charge is 0.493 e. The van der Waals surface area contributed by atoms with Crippen molar-refractivity contribution in [1.29, 1.82) is 0 Å². The number of likely N-dealkylation sites (N-methyl/N-ethyl adjacent to an activating group) is 1. The monoisotopic (exact) mass is 460 g/mol. The molecule has 0 aromatic heterocycles. The van der Waals surface area contributed by atoms with Gasteiger partial charge in [0, 0.05) is 31.7 Å². The maximum absolute atomic E-state index is 13.0. The molecule has 0 spiro atoms. The Morgan fingerprint density at radius 2 is 1.75 bits per heavy atom. The standard InChI is InChI=1S/C24H32N2O5S/c1-18-7-5-6-15-26(18)32(28,29)21-11-9-20(10-12-21)24(27)25(2)16-14-19-8-13-22(30-3)23(17-19)31-4/h8-13,17-18H,5-7,14-16H2,1-4H3. The summed E-state index contributed by atoms with van der Waals surface area (Å²) in [6, 6.07) is 11.9. The Hall–Kier alpha value is -2.58. The molecule has 2 aromatic rings. The Labute approximate surface area is 191 Å². The third-order valence-electron chi connectivity index (χ3n) is 5.98. The van der Waals surface area contributed by atoms with E-state index in [0.29, 0.717) is 36.6 Å². The number of carbonyl (C=O) groups is 1. The summed E-state index contributed by atoms with van der Waals surface area (Å²) in [5.41, 5.74) is 1.49. The molecule has 32 heavy (non-hydrogen) atoms. The number of ether oxygens (including phenoxy) is 2. The van der Waals surface area contributed by atoms with Gasteiger partial charge in [-0.25, -0.2) is 8.42 Å². The number of hydrogen-bond acceptors (Lipinski definition) is 5. The van der Waals surface area contributed by atoms with Crippen LogP contribution in [-0.2, 0) is 16.4 Å². The fourth-order valence-corrected chi connectivity index (χ4v) is 5.69. The molecule has 1 atom stereocenters. The molecule has 3 rings (SSSR count). The lowest BCUT2D eigenvalue weighted by atomic mass is 10.1. The number of rotatable bonds is 8. The summed E-state index contributed by atoms with van der Waals surface area (Å²) in [5, 5.41) is 0. The first-order valence-corrected chi connectivity index (χ1v) is 12.3. The Morgan fingerprint density at radius 1 is 1.06 bits per heavy atom. The van der Waals surface area contributed by atoms with E-state index in [1.165, 1.54) is 12.1 Å². The Bertz CT molecular complexity index is 1040. The molecule has 0 aliphatic carbocycles. The molecule has 1 fully saturated rings. The predicted molar refractivity (Wildman–Crippen MR) is 124 cm³/mol. The minimum absolute atomic E-state index is 0.00206. The zero-order valence-electron chi connectivity index (χ0n) is 19.2. The van der Waals surface area contributed by atoms with Crippen molar-refractivity contribution in [3.05, 3.63) is 53.6 Å². The highest BCUT2D eigenvalue weighted by atomic mass is 32.2. The highest BCUT2D eigenvalue weighted by Gasteiger charge is 2.31. The van der Waals surface area contributed by atoms with Gasteiger partial charge < -0.3 is 14.4 Å². The SMILES string of the molecule is COc1ccc(CCN(C)C(=O)c2ccc(S(=O)(=O)N3CCCCC3C)cc2)cc1OC. The van der Waals surface area contributed by atoms with Crippen molar-refractivity contribution in [1.82, 2.24) is 9.21 Å². The van der Waals surface area contributed by atoms with Gasteiger partial charge in [0.2, 0.25) is 10.0 Å². The zero-order valence-corrected chi connectivity index (χ0v) is 20.0. The van der Waals surface area contributed by atoms with Crippen LogP contribution in [0.5, 0.6) is 11.5 Å². The van der Waals surface area contributed by atoms with E-state index in [0.717, 1.165) is 24.8 Å². The Morgan fingerprint density at radius 3 is 2.38 bits per heavy atom. The van der Waals surface area contributed by atoms with Crippen molar-refractivity contribution < 1.29 is 22.7 Å². The first kappa shape index (κ1) is 24.1. The third kappa shape index (κ3) is 5.24. The lowest BCUT2D eigenvalue weighted by molar-refractivity contribution is 0.0796. The summed E-state index contributed by atoms with van der Waals surface area (Å²) in [6.07, 6.45) is 3.46. The van der Waals surface area contributed by atoms with Crippen LogP contribution in [0.4, 0.5) is 0 Å². The van der Waals surface area contributed by atoms with Crippen LogP contribution in [0.25, 0.3) is 0 Å². The number of piperidine rings is 1. The van der Waals surface area contributed by atoms with E-state index < -0.39 is 10.0 Å². The van der Waals surface area contributed by atoms with E-state index >= 15 is 0 Å². The second-order valence-electron chi connectivity index (χ2n) is 8.15. The molecule has 0 bridgehead atoms. The fourth-order valence-electron chi connectivity index (χ4n) is 3.99. The average molecular weight is 461 g/mol. The van der Waals surface area contributed by atoms with Gasteiger partial charge in [-0.05, 0) is 68.1 Å². The van der Waals surface area contributed by atoms with E-state index in [4.69, 9.17) is 9.47 Å². The molecule has 1 heterocycles. The summed E-state index contributed by atoms with van der Waals surface area (Å²) in [6.45, 7) is 3.00. The Balaban J connectivity index is 1.65. The van der Waals surface area contributed by atoms with Crippen molar-refractivity contribution in [2.75, 3.05) is 34.4 Å². The topological polar surface area (TPSA) is 76.2 Å². The number of carbonyl (C=O) groups excluding carboxylic acids is 1. The maximum atomic E-state index is 13.0. The van der Waals surface area contributed by atoms with Crippen LogP contribution in [0.15, 0.2) is 47.4 Å². The van der Waals surface area contributed by atoms with Gasteiger partial charge in [-0.3, -0.25) is 4.79 Å². The van der Waals surface area contributed by atoms with Crippen LogP contribution in [-0.4, -0.2) is 63.9 Å². The van der Waals surface area contributed by atoms with Crippen LogP contribution < -0.4 is 9.47 Å². The smallest absolute Gasteiger partial charge is 0.253 e. The molecule has 0 saturated carbocycles. The normalized spacial score (nSPS) is 17.1. The Kier molecular flexibility index (Phi) is 7.79. The molecule has 1 saturated heterocycles. The van der Waals surface area contributed by atoms with Gasteiger partial charge >= 0.3 is 0 Å². The summed E-state index contributed by atoms with van der Waals surface area (Å²) in [5.74, 6) is 1.16. The van der Waals surface area contributed by atoms with Crippen molar-refractivity contribution in [2.24, 2.45) is 0 Å². The highest BCUT2D eigenvalue weighted by Crippen LogP contribution is 2.28. The first-order valence-electron chi connectivity index (χ1n) is 10.9. The highest BCUT2D eigenvalue weighted by molar-refractivity contribution is 7.89. The van der Waals surface area contributed by atoms with E-state index in [9.17, 15) is 13.2 Å². The van der Waals surface area contributed by atoms with Crippen LogP contribution in [0.3, 0.4) is 0 Å². The minimum atomic E-state index is -3.55. The third-order valence-corrected chi connectivity index (χ3v) is 8.01. The molecule has 1 unspecified atom stereocenters. The summed E-state index contributed by atoms with van der Waals surface area (Å²) >= 11 is 0. The molecule has 0 radical (unpaired) electrons. The van der Waals surface area contributed by atoms with Gasteiger partial charge in [-0.15, -0.1) is 0 Å². The van der Waals surface area contributed by atoms with Crippen LogP contribution in [0, 0.1) is 0 Å². The van der Waals surface area contributed by atoms with Crippen LogP contribution in [0.2, 0.25) is 0 Å². The molecular formula is C24H32N2O5S. The average Bonchev–Trinajstić information content (AvgIpc) is 2.82. The van der Waals surface area contributed by atoms with E-state index in [2.05, 4.69) is 0 Å². The van der Waals surface area contributed by atoms with E-state index in [1.54, 1.807) is 42.6 Å². The zero-order chi connectivity index (χ0) is 23.3. The van der Waals surface area contributed by atoms with E-state index in [-0.39, 0.29) is 16.8 Å². The number of amides is 1. The first-order chi connectivity index (χ1) is 15.3. The fraction of sp³-hybridized carbons (Fsp3) is 0.458. The van der Waals surface area contributed by atoms with Gasteiger partial charge in [0.15, 0.2) is 11.5 Å². The number of benzene rings is 2. The molecule has 1 aliphatic rings. The molecule has 1 aliphatic heterocycles.